The fourth-order valence-corrected chi connectivity index (χ4v) is 3.51. The molecule has 0 bridgehead atoms. The third-order valence-corrected chi connectivity index (χ3v) is 4.60. The van der Waals surface area contributed by atoms with Gasteiger partial charge in [0.25, 0.3) is 0 Å². The second kappa shape index (κ2) is 8.04. The van der Waals surface area contributed by atoms with Crippen molar-refractivity contribution < 1.29 is 48.8 Å². The normalized spacial score (nSPS) is 12.9. The van der Waals surface area contributed by atoms with E-state index in [4.69, 9.17) is 21.3 Å². The van der Waals surface area contributed by atoms with Crippen molar-refractivity contribution in [3.63, 3.8) is 0 Å². The van der Waals surface area contributed by atoms with Crippen LogP contribution in [0.25, 0.3) is 0 Å². The molecule has 0 aliphatic carbocycles. The molecule has 22 heavy (non-hydrogen) atoms. The molecule has 8 heteroatoms. The number of aromatic hydroxyl groups is 1. The first kappa shape index (κ1) is 19.8. The Kier molecular flexibility index (Phi) is 7.24. The second-order valence-electron chi connectivity index (χ2n) is 4.47. The van der Waals surface area contributed by atoms with Crippen LogP contribution in [0, 0.1) is 13.8 Å². The molecule has 0 saturated heterocycles. The van der Waals surface area contributed by atoms with E-state index in [0.717, 1.165) is 0 Å². The summed E-state index contributed by atoms with van der Waals surface area (Å²) in [5.41, 5.74) is 1.20. The summed E-state index contributed by atoms with van der Waals surface area (Å²) in [6, 6.07) is 9.92. The number of phenols is 1. The third-order valence-electron chi connectivity index (χ3n) is 2.80. The van der Waals surface area contributed by atoms with Gasteiger partial charge in [-0.15, -0.1) is 0 Å². The molecule has 2 aromatic rings. The van der Waals surface area contributed by atoms with Gasteiger partial charge in [-0.3, -0.25) is 0 Å². The zero-order valence-corrected chi connectivity index (χ0v) is 17.0. The molecule has 0 heterocycles. The maximum absolute atomic E-state index is 11.9. The van der Waals surface area contributed by atoms with Gasteiger partial charge in [-0.2, -0.15) is 0 Å². The van der Waals surface area contributed by atoms with E-state index in [2.05, 4.69) is 12.2 Å². The standard InChI is InChI=1S/C14H15O4PS2.Na/c1-9-5-3-7-11(13(9)15)17-19(20,21)18-12-8-4-6-10(2)14(12)16;/h3-8,15-16H,1-2H3,(H,20,21);/q;+1/p-1. The average molecular weight is 364 g/mol. The van der Waals surface area contributed by atoms with Crippen LogP contribution in [0.2, 0.25) is 0 Å². The summed E-state index contributed by atoms with van der Waals surface area (Å²) in [6.07, 6.45) is -3.06. The molecule has 0 radical (unpaired) electrons. The van der Waals surface area contributed by atoms with Crippen molar-refractivity contribution >= 4 is 30.6 Å². The molecule has 2 aromatic carbocycles. The van der Waals surface area contributed by atoms with Crippen molar-refractivity contribution in [3.8, 4) is 23.0 Å². The SMILES string of the molecule is Cc1cccc(O[P+]([S-])(S)Oc2cccc(C)c2O)c1[O-].[Na+]. The molecule has 1 atom stereocenters. The minimum absolute atomic E-state index is 0. The maximum Gasteiger partial charge on any atom is 1.00 e. The Balaban J connectivity index is 0.00000242. The molecule has 1 N–H and O–H groups in total. The van der Waals surface area contributed by atoms with Gasteiger partial charge in [-0.1, -0.05) is 35.6 Å². The van der Waals surface area contributed by atoms with Crippen LogP contribution in [0.1, 0.15) is 11.1 Å². The molecule has 0 fully saturated rings. The third kappa shape index (κ3) is 4.88. The fourth-order valence-electron chi connectivity index (χ4n) is 1.67. The molecule has 0 aromatic heterocycles. The monoisotopic (exact) mass is 364 g/mol. The minimum atomic E-state index is -3.06. The zero-order valence-electron chi connectivity index (χ0n) is 12.4. The van der Waals surface area contributed by atoms with Crippen molar-refractivity contribution in [1.82, 2.24) is 0 Å². The number of thiol groups is 1. The van der Waals surface area contributed by atoms with Gasteiger partial charge in [0, 0.05) is 0 Å². The van der Waals surface area contributed by atoms with Crippen LogP contribution in [-0.4, -0.2) is 5.11 Å². The molecule has 0 saturated carbocycles. The summed E-state index contributed by atoms with van der Waals surface area (Å²) in [7, 11) is 0. The molecule has 1 unspecified atom stereocenters. The van der Waals surface area contributed by atoms with Crippen LogP contribution in [-0.2, 0) is 12.2 Å². The quantitative estimate of drug-likeness (QED) is 0.362. The first-order chi connectivity index (χ1) is 9.80. The molecular formula is C14H14NaO4PS2. The number of hydrogen-bond acceptors (Lipinski definition) is 6. The van der Waals surface area contributed by atoms with E-state index in [1.54, 1.807) is 44.2 Å². The van der Waals surface area contributed by atoms with E-state index in [9.17, 15) is 10.2 Å². The van der Waals surface area contributed by atoms with E-state index in [-0.39, 0.29) is 52.6 Å². The van der Waals surface area contributed by atoms with Crippen molar-refractivity contribution in [3.05, 3.63) is 47.5 Å². The van der Waals surface area contributed by atoms with E-state index < -0.39 is 6.12 Å². The number of phenolic OH excluding ortho intramolecular Hbond substituents is 1. The number of benzene rings is 2. The van der Waals surface area contributed by atoms with E-state index in [1.165, 1.54) is 6.07 Å². The number of para-hydroxylation sites is 2. The smallest absolute Gasteiger partial charge is 0.870 e. The Morgan fingerprint density at radius 1 is 1.05 bits per heavy atom. The maximum atomic E-state index is 11.9. The second-order valence-corrected chi connectivity index (χ2v) is 9.61. The molecule has 4 nitrogen and oxygen atoms in total. The Labute approximate surface area is 163 Å². The molecule has 112 valence electrons. The Morgan fingerprint density at radius 2 is 1.55 bits per heavy atom. The Hall–Kier alpha value is -0.230. The molecule has 2 rings (SSSR count). The van der Waals surface area contributed by atoms with Gasteiger partial charge in [0.05, 0.1) is 12.2 Å². The van der Waals surface area contributed by atoms with Gasteiger partial charge >= 0.3 is 35.7 Å². The van der Waals surface area contributed by atoms with Crippen molar-refractivity contribution in [1.29, 1.82) is 0 Å². The fraction of sp³-hybridized carbons (Fsp3) is 0.143. The predicted molar refractivity (Wildman–Crippen MR) is 88.0 cm³/mol. The van der Waals surface area contributed by atoms with Crippen LogP contribution in [0.15, 0.2) is 36.4 Å². The van der Waals surface area contributed by atoms with Crippen LogP contribution in [0.4, 0.5) is 0 Å². The molecule has 0 aliphatic heterocycles. The number of aryl methyl sites for hydroxylation is 2. The van der Waals surface area contributed by atoms with Crippen molar-refractivity contribution in [2.45, 2.75) is 13.8 Å². The zero-order chi connectivity index (χ0) is 15.6. The summed E-state index contributed by atoms with van der Waals surface area (Å²) in [5.74, 6) is 0.0164. The number of hydrogen-bond donors (Lipinski definition) is 2. The van der Waals surface area contributed by atoms with Gasteiger partial charge in [0.1, 0.15) is 0 Å². The van der Waals surface area contributed by atoms with E-state index in [1.807, 2.05) is 0 Å². The summed E-state index contributed by atoms with van der Waals surface area (Å²) in [5, 5.41) is 21.8. The van der Waals surface area contributed by atoms with Crippen LogP contribution >= 0.6 is 18.4 Å². The summed E-state index contributed by atoms with van der Waals surface area (Å²) in [6.45, 7) is 3.42. The van der Waals surface area contributed by atoms with E-state index >= 15 is 0 Å². The van der Waals surface area contributed by atoms with Crippen LogP contribution in [0.3, 0.4) is 0 Å². The minimum Gasteiger partial charge on any atom is -0.870 e. The van der Waals surface area contributed by atoms with Gasteiger partial charge in [0.15, 0.2) is 11.5 Å². The topological polar surface area (TPSA) is 61.8 Å². The molecule has 0 amide bonds. The first-order valence-corrected chi connectivity index (χ1v) is 9.86. The van der Waals surface area contributed by atoms with Crippen LogP contribution in [0.5, 0.6) is 23.0 Å². The Bertz CT molecular complexity index is 612. The van der Waals surface area contributed by atoms with Gasteiger partial charge < -0.3 is 31.5 Å². The van der Waals surface area contributed by atoms with Gasteiger partial charge in [-0.25, -0.2) is 0 Å². The van der Waals surface area contributed by atoms with E-state index in [0.29, 0.717) is 11.1 Å². The molecule has 0 aliphatic rings. The summed E-state index contributed by atoms with van der Waals surface area (Å²) < 4.78 is 10.9. The average Bonchev–Trinajstić information content (AvgIpc) is 2.40. The molecular weight excluding hydrogens is 350 g/mol. The van der Waals surface area contributed by atoms with Crippen LogP contribution < -0.4 is 43.7 Å². The largest absolute Gasteiger partial charge is 1.00 e. The van der Waals surface area contributed by atoms with Gasteiger partial charge in [-0.05, 0) is 31.5 Å². The first-order valence-electron chi connectivity index (χ1n) is 6.07. The Morgan fingerprint density at radius 3 is 2.18 bits per heavy atom. The number of rotatable bonds is 4. The van der Waals surface area contributed by atoms with Crippen molar-refractivity contribution in [2.75, 3.05) is 0 Å². The van der Waals surface area contributed by atoms with Gasteiger partial charge in [0.2, 0.25) is 5.75 Å². The summed E-state index contributed by atoms with van der Waals surface area (Å²) in [4.78, 5) is 0. The summed E-state index contributed by atoms with van der Waals surface area (Å²) >= 11 is 9.40. The van der Waals surface area contributed by atoms with Crippen molar-refractivity contribution in [2.24, 2.45) is 0 Å². The predicted octanol–water partition coefficient (Wildman–Crippen LogP) is 0.699. The molecule has 0 spiro atoms.